The van der Waals surface area contributed by atoms with Crippen LogP contribution in [0.15, 0.2) is 29.8 Å². The van der Waals surface area contributed by atoms with Gasteiger partial charge in [-0.15, -0.1) is 0 Å². The second-order valence-electron chi connectivity index (χ2n) is 3.26. The topological polar surface area (TPSA) is 35.5 Å². The average molecular weight is 259 g/mol. The van der Waals surface area contributed by atoms with Gasteiger partial charge in [-0.3, -0.25) is 0 Å². The third-order valence-electron chi connectivity index (χ3n) is 2.03. The molecule has 0 spiro atoms. The lowest BCUT2D eigenvalue weighted by Gasteiger charge is -2.06. The molecule has 0 aliphatic heterocycles. The van der Waals surface area contributed by atoms with Crippen molar-refractivity contribution in [3.05, 3.63) is 40.7 Å². The number of esters is 1. The summed E-state index contributed by atoms with van der Waals surface area (Å²) in [5.41, 5.74) is 0.436. The number of benzene rings is 1. The molecule has 92 valence electrons. The van der Waals surface area contributed by atoms with Gasteiger partial charge in [0.05, 0.1) is 12.1 Å². The molecule has 0 saturated carbocycles. The Balaban J connectivity index is 2.59. The maximum absolute atomic E-state index is 12.7. The highest BCUT2D eigenvalue weighted by atomic mass is 35.5. The summed E-state index contributed by atoms with van der Waals surface area (Å²) in [6.07, 6.45) is 1.56. The fraction of sp³-hybridized carbons (Fsp3) is 0.250. The van der Waals surface area contributed by atoms with E-state index in [0.717, 1.165) is 6.07 Å². The fourth-order valence-corrected chi connectivity index (χ4v) is 1.31. The van der Waals surface area contributed by atoms with Crippen LogP contribution in [-0.2, 0) is 9.53 Å². The Morgan fingerprint density at radius 2 is 2.24 bits per heavy atom. The zero-order valence-electron chi connectivity index (χ0n) is 9.50. The van der Waals surface area contributed by atoms with E-state index in [1.165, 1.54) is 19.2 Å². The third kappa shape index (κ3) is 4.07. The molecular weight excluding hydrogens is 247 g/mol. The number of rotatable bonds is 4. The van der Waals surface area contributed by atoms with Crippen LogP contribution in [-0.4, -0.2) is 19.7 Å². The molecule has 0 N–H and O–H groups in total. The number of carbonyl (C=O) groups excluding carboxylic acids is 1. The zero-order valence-corrected chi connectivity index (χ0v) is 10.3. The fourth-order valence-electron chi connectivity index (χ4n) is 1.09. The predicted molar refractivity (Wildman–Crippen MR) is 62.7 cm³/mol. The van der Waals surface area contributed by atoms with Crippen LogP contribution >= 0.6 is 11.6 Å². The van der Waals surface area contributed by atoms with E-state index in [-0.39, 0.29) is 11.6 Å². The molecule has 0 unspecified atom stereocenters. The molecule has 0 aliphatic rings. The van der Waals surface area contributed by atoms with E-state index in [1.54, 1.807) is 13.0 Å². The van der Waals surface area contributed by atoms with Crippen LogP contribution in [0.4, 0.5) is 4.39 Å². The summed E-state index contributed by atoms with van der Waals surface area (Å²) in [5, 5.41) is 0.189. The Bertz CT molecular complexity index is 443. The number of carbonyl (C=O) groups is 1. The highest BCUT2D eigenvalue weighted by Crippen LogP contribution is 2.24. The maximum atomic E-state index is 12.7. The Kier molecular flexibility index (Phi) is 4.97. The molecule has 5 heteroatoms. The first kappa shape index (κ1) is 13.5. The molecule has 1 rings (SSSR count). The van der Waals surface area contributed by atoms with E-state index >= 15 is 0 Å². The van der Waals surface area contributed by atoms with Crippen molar-refractivity contribution in [2.75, 3.05) is 13.7 Å². The Morgan fingerprint density at radius 3 is 2.82 bits per heavy atom. The highest BCUT2D eigenvalue weighted by Gasteiger charge is 2.04. The SMILES string of the molecule is COC(=O)C(C)=CCOc1ccc(F)cc1Cl. The average Bonchev–Trinajstić information content (AvgIpc) is 2.30. The van der Waals surface area contributed by atoms with Crippen molar-refractivity contribution < 1.29 is 18.7 Å². The van der Waals surface area contributed by atoms with Gasteiger partial charge in [0.1, 0.15) is 18.2 Å². The molecule has 0 aliphatic carbocycles. The Morgan fingerprint density at radius 1 is 1.53 bits per heavy atom. The summed E-state index contributed by atoms with van der Waals surface area (Å²) in [4.78, 5) is 11.0. The summed E-state index contributed by atoms with van der Waals surface area (Å²) in [7, 11) is 1.30. The van der Waals surface area contributed by atoms with E-state index in [2.05, 4.69) is 4.74 Å². The van der Waals surface area contributed by atoms with Crippen molar-refractivity contribution in [3.8, 4) is 5.75 Å². The van der Waals surface area contributed by atoms with Gasteiger partial charge in [0.15, 0.2) is 0 Å². The minimum atomic E-state index is -0.427. The van der Waals surface area contributed by atoms with Gasteiger partial charge in [0.2, 0.25) is 0 Å². The molecule has 3 nitrogen and oxygen atoms in total. The van der Waals surface area contributed by atoms with Crippen LogP contribution in [0, 0.1) is 5.82 Å². The molecule has 1 aromatic carbocycles. The monoisotopic (exact) mass is 258 g/mol. The van der Waals surface area contributed by atoms with Gasteiger partial charge >= 0.3 is 5.97 Å². The second kappa shape index (κ2) is 6.25. The molecular formula is C12H12ClFO3. The van der Waals surface area contributed by atoms with Gasteiger partial charge in [-0.05, 0) is 31.2 Å². The van der Waals surface area contributed by atoms with Gasteiger partial charge in [0.25, 0.3) is 0 Å². The minimum absolute atomic E-state index is 0.159. The number of methoxy groups -OCH3 is 1. The van der Waals surface area contributed by atoms with E-state index in [1.807, 2.05) is 0 Å². The van der Waals surface area contributed by atoms with Crippen molar-refractivity contribution >= 4 is 17.6 Å². The van der Waals surface area contributed by atoms with Crippen molar-refractivity contribution in [1.29, 1.82) is 0 Å². The molecule has 1 aromatic rings. The number of ether oxygens (including phenoxy) is 2. The molecule has 0 atom stereocenters. The van der Waals surface area contributed by atoms with E-state index in [9.17, 15) is 9.18 Å². The standard InChI is InChI=1S/C12H12ClFO3/c1-8(12(15)16-2)5-6-17-11-4-3-9(14)7-10(11)13/h3-5,7H,6H2,1-2H3. The lowest BCUT2D eigenvalue weighted by Crippen LogP contribution is -2.04. The van der Waals surface area contributed by atoms with Gasteiger partial charge in [0, 0.05) is 5.57 Å². The smallest absolute Gasteiger partial charge is 0.333 e. The summed E-state index contributed by atoms with van der Waals surface area (Å²) in [5.74, 6) is -0.482. The van der Waals surface area contributed by atoms with Crippen LogP contribution in [0.5, 0.6) is 5.75 Å². The lowest BCUT2D eigenvalue weighted by molar-refractivity contribution is -0.136. The van der Waals surface area contributed by atoms with E-state index in [4.69, 9.17) is 16.3 Å². The maximum Gasteiger partial charge on any atom is 0.333 e. The molecule has 0 fully saturated rings. The van der Waals surface area contributed by atoms with E-state index < -0.39 is 11.8 Å². The summed E-state index contributed by atoms with van der Waals surface area (Å²) < 4.78 is 22.5. The molecule has 0 saturated heterocycles. The van der Waals surface area contributed by atoms with Crippen molar-refractivity contribution in [1.82, 2.24) is 0 Å². The summed E-state index contributed by atoms with van der Waals surface area (Å²) in [6.45, 7) is 1.77. The van der Waals surface area contributed by atoms with Crippen LogP contribution in [0.3, 0.4) is 0 Å². The van der Waals surface area contributed by atoms with Crippen LogP contribution in [0.25, 0.3) is 0 Å². The van der Waals surface area contributed by atoms with Crippen molar-refractivity contribution in [2.45, 2.75) is 6.92 Å². The zero-order chi connectivity index (χ0) is 12.8. The number of halogens is 2. The first-order valence-corrected chi connectivity index (χ1v) is 5.25. The number of hydrogen-bond acceptors (Lipinski definition) is 3. The van der Waals surface area contributed by atoms with Crippen LogP contribution < -0.4 is 4.74 Å². The van der Waals surface area contributed by atoms with Crippen LogP contribution in [0.1, 0.15) is 6.92 Å². The Hall–Kier alpha value is -1.55. The Labute approximate surface area is 104 Å². The van der Waals surface area contributed by atoms with Crippen LogP contribution in [0.2, 0.25) is 5.02 Å². The highest BCUT2D eigenvalue weighted by molar-refractivity contribution is 6.32. The largest absolute Gasteiger partial charge is 0.488 e. The van der Waals surface area contributed by atoms with Crippen molar-refractivity contribution in [3.63, 3.8) is 0 Å². The van der Waals surface area contributed by atoms with E-state index in [0.29, 0.717) is 11.3 Å². The molecule has 0 amide bonds. The normalized spacial score (nSPS) is 11.2. The quantitative estimate of drug-likeness (QED) is 0.615. The summed E-state index contributed by atoms with van der Waals surface area (Å²) >= 11 is 5.76. The third-order valence-corrected chi connectivity index (χ3v) is 2.33. The van der Waals surface area contributed by atoms with Gasteiger partial charge in [-0.2, -0.15) is 0 Å². The number of hydrogen-bond donors (Lipinski definition) is 0. The molecule has 0 radical (unpaired) electrons. The first-order chi connectivity index (χ1) is 8.04. The predicted octanol–water partition coefficient (Wildman–Crippen LogP) is 2.98. The van der Waals surface area contributed by atoms with Gasteiger partial charge < -0.3 is 9.47 Å². The van der Waals surface area contributed by atoms with Gasteiger partial charge in [-0.1, -0.05) is 11.6 Å². The molecule has 17 heavy (non-hydrogen) atoms. The summed E-state index contributed by atoms with van der Waals surface area (Å²) in [6, 6.07) is 3.84. The lowest BCUT2D eigenvalue weighted by atomic mass is 10.3. The molecule has 0 aromatic heterocycles. The molecule has 0 bridgehead atoms. The molecule has 0 heterocycles. The minimum Gasteiger partial charge on any atom is -0.488 e. The van der Waals surface area contributed by atoms with Gasteiger partial charge in [-0.25, -0.2) is 9.18 Å². The first-order valence-electron chi connectivity index (χ1n) is 4.87. The second-order valence-corrected chi connectivity index (χ2v) is 3.67. The van der Waals surface area contributed by atoms with Crippen molar-refractivity contribution in [2.24, 2.45) is 0 Å².